The van der Waals surface area contributed by atoms with Crippen molar-refractivity contribution in [3.8, 4) is 28.3 Å². The van der Waals surface area contributed by atoms with E-state index in [-0.39, 0.29) is 18.9 Å². The number of carbonyl (C=O) groups is 1. The van der Waals surface area contributed by atoms with Gasteiger partial charge in [0, 0.05) is 19.1 Å². The predicted octanol–water partition coefficient (Wildman–Crippen LogP) is 3.38. The van der Waals surface area contributed by atoms with Crippen LogP contribution in [0.2, 0.25) is 0 Å². The smallest absolute Gasteiger partial charge is 0.281 e. The highest BCUT2D eigenvalue weighted by Gasteiger charge is 2.16. The number of aromatic nitrogens is 6. The van der Waals surface area contributed by atoms with Crippen molar-refractivity contribution < 1.29 is 19.1 Å². The number of fused-ring (bicyclic) bond motifs is 1. The van der Waals surface area contributed by atoms with Crippen molar-refractivity contribution in [3.63, 3.8) is 0 Å². The van der Waals surface area contributed by atoms with E-state index in [1.54, 1.807) is 34.6 Å². The largest absolute Gasteiger partial charge is 0.484 e. The van der Waals surface area contributed by atoms with Crippen LogP contribution >= 0.6 is 0 Å². The van der Waals surface area contributed by atoms with Gasteiger partial charge in [-0.1, -0.05) is 55.5 Å². The Hall–Kier alpha value is -4.94. The fraction of sp³-hybridized carbons (Fsp3) is 0.267. The summed E-state index contributed by atoms with van der Waals surface area (Å²) in [5.41, 5.74) is 6.39. The molecule has 216 valence electrons. The molecule has 0 spiro atoms. The molecule has 42 heavy (non-hydrogen) atoms. The summed E-state index contributed by atoms with van der Waals surface area (Å²) in [4.78, 5) is 34.8. The lowest BCUT2D eigenvalue weighted by molar-refractivity contribution is -0.133. The molecule has 0 saturated heterocycles. The summed E-state index contributed by atoms with van der Waals surface area (Å²) >= 11 is 0. The van der Waals surface area contributed by atoms with Crippen LogP contribution in [0.1, 0.15) is 24.7 Å². The van der Waals surface area contributed by atoms with E-state index in [2.05, 4.69) is 32.8 Å². The third-order valence-electron chi connectivity index (χ3n) is 6.62. The number of benzene rings is 3. The Morgan fingerprint density at radius 1 is 1.00 bits per heavy atom. The summed E-state index contributed by atoms with van der Waals surface area (Å²) in [7, 11) is 2.94. The molecule has 0 radical (unpaired) electrons. The number of nitrogens with zero attached hydrogens (tertiary/aromatic N) is 6. The van der Waals surface area contributed by atoms with Gasteiger partial charge in [0.05, 0.1) is 24.6 Å². The van der Waals surface area contributed by atoms with Crippen LogP contribution in [0.4, 0.5) is 0 Å². The average Bonchev–Trinajstić information content (AvgIpc) is 3.47. The third-order valence-corrected chi connectivity index (χ3v) is 6.62. The molecule has 3 aromatic carbocycles. The second-order valence-electron chi connectivity index (χ2n) is 9.53. The lowest BCUT2D eigenvalue weighted by atomic mass is 9.98. The zero-order valence-electron chi connectivity index (χ0n) is 23.6. The zero-order chi connectivity index (χ0) is 29.5. The highest BCUT2D eigenvalue weighted by Crippen LogP contribution is 2.31. The van der Waals surface area contributed by atoms with Gasteiger partial charge in [0.15, 0.2) is 12.4 Å². The van der Waals surface area contributed by atoms with Crippen molar-refractivity contribution in [2.24, 2.45) is 0 Å². The number of amides is 1. The van der Waals surface area contributed by atoms with E-state index >= 15 is 0 Å². The van der Waals surface area contributed by atoms with E-state index in [9.17, 15) is 9.59 Å². The maximum absolute atomic E-state index is 13.7. The minimum absolute atomic E-state index is 0.172. The topological polar surface area (TPSA) is 135 Å². The second kappa shape index (κ2) is 13.1. The van der Waals surface area contributed by atoms with Crippen LogP contribution in [0.5, 0.6) is 5.75 Å². The lowest BCUT2D eigenvalue weighted by Gasteiger charge is -2.15. The first kappa shape index (κ1) is 28.6. The molecule has 0 aliphatic rings. The van der Waals surface area contributed by atoms with Crippen LogP contribution in [0.3, 0.4) is 0 Å². The molecule has 0 fully saturated rings. The molecule has 2 aromatic heterocycles. The van der Waals surface area contributed by atoms with Gasteiger partial charge in [-0.2, -0.15) is 4.68 Å². The van der Waals surface area contributed by atoms with Crippen LogP contribution in [0.25, 0.3) is 33.4 Å². The fourth-order valence-electron chi connectivity index (χ4n) is 4.71. The average molecular weight is 570 g/mol. The van der Waals surface area contributed by atoms with Crippen molar-refractivity contribution in [1.82, 2.24) is 35.2 Å². The van der Waals surface area contributed by atoms with Gasteiger partial charge in [-0.15, -0.1) is 5.10 Å². The molecule has 12 nitrogen and oxygen atoms in total. The minimum Gasteiger partial charge on any atom is -0.484 e. The quantitative estimate of drug-likeness (QED) is 0.224. The van der Waals surface area contributed by atoms with Gasteiger partial charge in [-0.3, -0.25) is 19.0 Å². The van der Waals surface area contributed by atoms with Gasteiger partial charge >= 0.3 is 0 Å². The normalized spacial score (nSPS) is 11.1. The van der Waals surface area contributed by atoms with Gasteiger partial charge in [0.1, 0.15) is 18.3 Å². The van der Waals surface area contributed by atoms with Gasteiger partial charge in [-0.25, -0.2) is 10.5 Å². The monoisotopic (exact) mass is 569 g/mol. The Kier molecular flexibility index (Phi) is 8.95. The van der Waals surface area contributed by atoms with Crippen LogP contribution in [0.15, 0.2) is 71.5 Å². The summed E-state index contributed by atoms with van der Waals surface area (Å²) in [5, 5.41) is 12.5. The number of rotatable bonds is 12. The van der Waals surface area contributed by atoms with E-state index in [1.165, 1.54) is 7.11 Å². The third kappa shape index (κ3) is 6.19. The van der Waals surface area contributed by atoms with Crippen molar-refractivity contribution in [1.29, 1.82) is 0 Å². The van der Waals surface area contributed by atoms with Crippen molar-refractivity contribution in [3.05, 3.63) is 88.5 Å². The van der Waals surface area contributed by atoms with E-state index < -0.39 is 5.91 Å². The first-order valence-corrected chi connectivity index (χ1v) is 13.4. The number of ether oxygens (including phenoxy) is 2. The fourth-order valence-corrected chi connectivity index (χ4v) is 4.71. The van der Waals surface area contributed by atoms with Crippen molar-refractivity contribution >= 4 is 16.8 Å². The predicted molar refractivity (Wildman–Crippen MR) is 155 cm³/mol. The van der Waals surface area contributed by atoms with Crippen LogP contribution in [-0.4, -0.2) is 56.5 Å². The molecule has 0 bridgehead atoms. The summed E-state index contributed by atoms with van der Waals surface area (Å²) < 4.78 is 14.1. The SMILES string of the molecule is CCCc1nc2ccc(OCC(=O)NOC)cc2c(=O)n1Cc1ccc(-c2ccccc2-c2nnnn2COC)cc1. The molecule has 0 aliphatic heterocycles. The number of tetrazole rings is 1. The molecule has 0 saturated carbocycles. The Morgan fingerprint density at radius 3 is 2.52 bits per heavy atom. The van der Waals surface area contributed by atoms with Gasteiger partial charge < -0.3 is 9.47 Å². The number of hydrogen-bond donors (Lipinski definition) is 1. The number of carbonyl (C=O) groups excluding carboxylic acids is 1. The van der Waals surface area contributed by atoms with E-state index in [4.69, 9.17) is 14.5 Å². The van der Waals surface area contributed by atoms with Crippen LogP contribution in [0, 0.1) is 0 Å². The van der Waals surface area contributed by atoms with Crippen molar-refractivity contribution in [2.45, 2.75) is 33.0 Å². The first-order chi connectivity index (χ1) is 20.5. The highest BCUT2D eigenvalue weighted by molar-refractivity contribution is 5.81. The Labute approximate surface area is 241 Å². The van der Waals surface area contributed by atoms with Crippen LogP contribution < -0.4 is 15.8 Å². The molecule has 2 heterocycles. The van der Waals surface area contributed by atoms with E-state index in [0.717, 1.165) is 28.7 Å². The van der Waals surface area contributed by atoms with Crippen molar-refractivity contribution in [2.75, 3.05) is 20.8 Å². The van der Waals surface area contributed by atoms with E-state index in [1.807, 2.05) is 48.5 Å². The molecule has 1 amide bonds. The molecular formula is C30H31N7O5. The summed E-state index contributed by atoms with van der Waals surface area (Å²) in [6.07, 6.45) is 1.49. The molecule has 1 N–H and O–H groups in total. The summed E-state index contributed by atoms with van der Waals surface area (Å²) in [6.45, 7) is 2.40. The van der Waals surface area contributed by atoms with Gasteiger partial charge in [-0.05, 0) is 51.7 Å². The molecule has 0 unspecified atom stereocenters. The Balaban J connectivity index is 1.45. The van der Waals surface area contributed by atoms with E-state index in [0.29, 0.717) is 41.3 Å². The second-order valence-corrected chi connectivity index (χ2v) is 9.53. The highest BCUT2D eigenvalue weighted by atomic mass is 16.6. The maximum Gasteiger partial charge on any atom is 0.281 e. The Bertz CT molecular complexity index is 1750. The molecule has 0 atom stereocenters. The zero-order valence-corrected chi connectivity index (χ0v) is 23.6. The number of nitrogens with one attached hydrogen (secondary N) is 1. The Morgan fingerprint density at radius 2 is 1.79 bits per heavy atom. The van der Waals surface area contributed by atoms with Crippen LogP contribution in [-0.2, 0) is 34.1 Å². The molecular weight excluding hydrogens is 538 g/mol. The number of hydrogen-bond acceptors (Lipinski definition) is 9. The molecule has 12 heteroatoms. The minimum atomic E-state index is -0.439. The molecule has 5 aromatic rings. The standard InChI is InChI=1S/C30H31N7O5/c1-4-7-27-31-26-15-14-22(42-18-28(38)33-41-3)16-25(26)30(39)36(27)17-20-10-12-21(13-11-20)23-8-5-6-9-24(23)29-32-34-35-37(29)19-40-2/h5-6,8-16H,4,7,17-19H2,1-3H3,(H,33,38). The number of hydroxylamine groups is 1. The van der Waals surface area contributed by atoms with Gasteiger partial charge in [0.2, 0.25) is 0 Å². The molecule has 5 rings (SSSR count). The van der Waals surface area contributed by atoms with Gasteiger partial charge in [0.25, 0.3) is 11.5 Å². The summed E-state index contributed by atoms with van der Waals surface area (Å²) in [6, 6.07) is 21.0. The first-order valence-electron chi connectivity index (χ1n) is 13.4. The number of methoxy groups -OCH3 is 1. The molecule has 0 aliphatic carbocycles. The lowest BCUT2D eigenvalue weighted by Crippen LogP contribution is -2.28. The maximum atomic E-state index is 13.7. The summed E-state index contributed by atoms with van der Waals surface area (Å²) in [5.74, 6) is 1.27. The number of aryl methyl sites for hydroxylation is 1.